The average Bonchev–Trinajstić information content (AvgIpc) is 2.27. The van der Waals surface area contributed by atoms with Gasteiger partial charge in [-0.15, -0.1) is 0 Å². The molecule has 0 saturated carbocycles. The minimum absolute atomic E-state index is 0.202. The summed E-state index contributed by atoms with van der Waals surface area (Å²) in [6.07, 6.45) is 1.57. The Bertz CT molecular complexity index is 461. The molecule has 0 bridgehead atoms. The molecule has 106 valence electrons. The van der Waals surface area contributed by atoms with Crippen molar-refractivity contribution in [3.05, 3.63) is 17.1 Å². The molecule has 19 heavy (non-hydrogen) atoms. The predicted molar refractivity (Wildman–Crippen MR) is 77.8 cm³/mol. The highest BCUT2D eigenvalue weighted by molar-refractivity contribution is 7.97. The molecule has 0 aliphatic heterocycles. The number of carbonyl (C=O) groups excluding carboxylic acids is 1. The molecule has 1 rings (SSSR count). The molecule has 0 unspecified atom stereocenters. The predicted octanol–water partition coefficient (Wildman–Crippen LogP) is 2.83. The maximum atomic E-state index is 11.7. The molecular weight excluding hydrogens is 262 g/mol. The summed E-state index contributed by atoms with van der Waals surface area (Å²) in [7, 11) is 3.29. The Labute approximate surface area is 118 Å². The van der Waals surface area contributed by atoms with Crippen LogP contribution in [0.1, 0.15) is 36.8 Å². The van der Waals surface area contributed by atoms with Crippen molar-refractivity contribution in [2.75, 3.05) is 20.4 Å². The molecule has 1 aromatic rings. The molecule has 0 N–H and O–H groups in total. The first kappa shape index (κ1) is 15.8. The first-order valence-corrected chi connectivity index (χ1v) is 7.51. The van der Waals surface area contributed by atoms with Crippen molar-refractivity contribution in [3.8, 4) is 5.88 Å². The van der Waals surface area contributed by atoms with Crippen LogP contribution >= 0.6 is 11.8 Å². The molecule has 0 aromatic carbocycles. The van der Waals surface area contributed by atoms with Crippen LogP contribution in [0.2, 0.25) is 0 Å². The Morgan fingerprint density at radius 2 is 2.00 bits per heavy atom. The number of thioether (sulfide) groups is 1. The zero-order valence-corrected chi connectivity index (χ0v) is 13.2. The standard InChI is InChI=1S/C13H21N3O2S/c1-8(2)11-9(3)14-10(7-19-6)15-12(11)18-13(17)16(4)5/h8H,7H2,1-6H3. The minimum atomic E-state index is -0.421. The van der Waals surface area contributed by atoms with Gasteiger partial charge in [0.2, 0.25) is 5.88 Å². The number of nitrogens with zero attached hydrogens (tertiary/aromatic N) is 3. The monoisotopic (exact) mass is 283 g/mol. The van der Waals surface area contributed by atoms with E-state index in [0.29, 0.717) is 17.5 Å². The van der Waals surface area contributed by atoms with Gasteiger partial charge in [-0.25, -0.2) is 9.78 Å². The fourth-order valence-electron chi connectivity index (χ4n) is 1.72. The van der Waals surface area contributed by atoms with Gasteiger partial charge >= 0.3 is 6.09 Å². The van der Waals surface area contributed by atoms with Gasteiger partial charge in [0.25, 0.3) is 0 Å². The fraction of sp³-hybridized carbons (Fsp3) is 0.615. The second kappa shape index (κ2) is 6.75. The Balaban J connectivity index is 3.19. The van der Waals surface area contributed by atoms with E-state index >= 15 is 0 Å². The summed E-state index contributed by atoms with van der Waals surface area (Å²) in [5, 5.41) is 0. The highest BCUT2D eigenvalue weighted by atomic mass is 32.2. The second-order valence-corrected chi connectivity index (χ2v) is 5.66. The largest absolute Gasteiger partial charge is 0.416 e. The highest BCUT2D eigenvalue weighted by Gasteiger charge is 2.19. The highest BCUT2D eigenvalue weighted by Crippen LogP contribution is 2.28. The van der Waals surface area contributed by atoms with E-state index in [1.54, 1.807) is 25.9 Å². The molecular formula is C13H21N3O2S. The summed E-state index contributed by atoms with van der Waals surface area (Å²) in [6.45, 7) is 5.99. The van der Waals surface area contributed by atoms with E-state index in [0.717, 1.165) is 11.3 Å². The van der Waals surface area contributed by atoms with Crippen molar-refractivity contribution in [1.82, 2.24) is 14.9 Å². The van der Waals surface area contributed by atoms with Crippen molar-refractivity contribution >= 4 is 17.9 Å². The quantitative estimate of drug-likeness (QED) is 0.850. The van der Waals surface area contributed by atoms with Crippen molar-refractivity contribution in [2.45, 2.75) is 32.4 Å². The van der Waals surface area contributed by atoms with Crippen LogP contribution in [0.15, 0.2) is 0 Å². The lowest BCUT2D eigenvalue weighted by Crippen LogP contribution is -2.26. The number of rotatable bonds is 4. The van der Waals surface area contributed by atoms with Crippen LogP contribution in [0.25, 0.3) is 0 Å². The Kier molecular flexibility index (Phi) is 5.60. The molecule has 6 heteroatoms. The molecule has 1 aromatic heterocycles. The topological polar surface area (TPSA) is 55.3 Å². The third kappa shape index (κ3) is 4.09. The van der Waals surface area contributed by atoms with Crippen molar-refractivity contribution in [2.24, 2.45) is 0 Å². The van der Waals surface area contributed by atoms with Crippen LogP contribution in [0, 0.1) is 6.92 Å². The summed E-state index contributed by atoms with van der Waals surface area (Å²) in [4.78, 5) is 21.9. The van der Waals surface area contributed by atoms with Gasteiger partial charge in [0.1, 0.15) is 5.82 Å². The lowest BCUT2D eigenvalue weighted by Gasteiger charge is -2.17. The van der Waals surface area contributed by atoms with Crippen LogP contribution in [0.4, 0.5) is 4.79 Å². The number of hydrogen-bond donors (Lipinski definition) is 0. The Hall–Kier alpha value is -1.30. The van der Waals surface area contributed by atoms with Crippen molar-refractivity contribution in [1.29, 1.82) is 0 Å². The first-order chi connectivity index (χ1) is 8.86. The SMILES string of the molecule is CSCc1nc(C)c(C(C)C)c(OC(=O)N(C)C)n1. The lowest BCUT2D eigenvalue weighted by atomic mass is 10.0. The molecule has 0 radical (unpaired) electrons. The number of aryl methyl sites for hydroxylation is 1. The third-order valence-electron chi connectivity index (χ3n) is 2.55. The summed E-state index contributed by atoms with van der Waals surface area (Å²) in [5.74, 6) is 1.97. The molecule has 0 aliphatic carbocycles. The maximum Gasteiger partial charge on any atom is 0.416 e. The number of hydrogen-bond acceptors (Lipinski definition) is 5. The molecule has 1 heterocycles. The van der Waals surface area contributed by atoms with Crippen LogP contribution in [0.3, 0.4) is 0 Å². The molecule has 0 saturated heterocycles. The van der Waals surface area contributed by atoms with Crippen LogP contribution in [-0.4, -0.2) is 41.3 Å². The van der Waals surface area contributed by atoms with E-state index in [2.05, 4.69) is 9.97 Å². The number of carbonyl (C=O) groups is 1. The Morgan fingerprint density at radius 3 is 2.47 bits per heavy atom. The van der Waals surface area contributed by atoms with Gasteiger partial charge in [-0.2, -0.15) is 16.7 Å². The lowest BCUT2D eigenvalue weighted by molar-refractivity contribution is 0.169. The Morgan fingerprint density at radius 1 is 1.37 bits per heavy atom. The fourth-order valence-corrected chi connectivity index (χ4v) is 2.11. The molecule has 0 atom stereocenters. The second-order valence-electron chi connectivity index (χ2n) is 4.79. The van der Waals surface area contributed by atoms with E-state index in [1.165, 1.54) is 4.90 Å². The van der Waals surface area contributed by atoms with Crippen molar-refractivity contribution in [3.63, 3.8) is 0 Å². The minimum Gasteiger partial charge on any atom is -0.391 e. The molecule has 0 spiro atoms. The number of aromatic nitrogens is 2. The molecule has 1 amide bonds. The summed E-state index contributed by atoms with van der Waals surface area (Å²) in [5.41, 5.74) is 1.76. The van der Waals surface area contributed by atoms with E-state index in [-0.39, 0.29) is 5.92 Å². The van der Waals surface area contributed by atoms with Gasteiger partial charge in [-0.05, 0) is 19.1 Å². The van der Waals surface area contributed by atoms with Gasteiger partial charge in [0.15, 0.2) is 0 Å². The zero-order chi connectivity index (χ0) is 14.6. The molecule has 0 fully saturated rings. The molecule has 5 nitrogen and oxygen atoms in total. The van der Waals surface area contributed by atoms with Gasteiger partial charge in [-0.3, -0.25) is 0 Å². The zero-order valence-electron chi connectivity index (χ0n) is 12.4. The van der Waals surface area contributed by atoms with Crippen LogP contribution in [-0.2, 0) is 5.75 Å². The smallest absolute Gasteiger partial charge is 0.391 e. The van der Waals surface area contributed by atoms with Gasteiger partial charge in [-0.1, -0.05) is 13.8 Å². The number of ether oxygens (including phenoxy) is 1. The first-order valence-electron chi connectivity index (χ1n) is 6.12. The van der Waals surface area contributed by atoms with Crippen LogP contribution in [0.5, 0.6) is 5.88 Å². The van der Waals surface area contributed by atoms with E-state index < -0.39 is 6.09 Å². The summed E-state index contributed by atoms with van der Waals surface area (Å²) >= 11 is 1.64. The van der Waals surface area contributed by atoms with Crippen LogP contribution < -0.4 is 4.74 Å². The summed E-state index contributed by atoms with van der Waals surface area (Å²) < 4.78 is 5.36. The molecule has 0 aliphatic rings. The van der Waals surface area contributed by atoms with Gasteiger partial charge < -0.3 is 9.64 Å². The van der Waals surface area contributed by atoms with E-state index in [9.17, 15) is 4.79 Å². The summed E-state index contributed by atoms with van der Waals surface area (Å²) in [6, 6.07) is 0. The maximum absolute atomic E-state index is 11.7. The van der Waals surface area contributed by atoms with Gasteiger partial charge in [0.05, 0.1) is 5.75 Å². The number of amides is 1. The average molecular weight is 283 g/mol. The van der Waals surface area contributed by atoms with E-state index in [4.69, 9.17) is 4.74 Å². The third-order valence-corrected chi connectivity index (χ3v) is 3.09. The normalized spacial score (nSPS) is 10.7. The van der Waals surface area contributed by atoms with Gasteiger partial charge in [0, 0.05) is 25.4 Å². The van der Waals surface area contributed by atoms with E-state index in [1.807, 2.05) is 27.0 Å². The van der Waals surface area contributed by atoms with Crippen molar-refractivity contribution < 1.29 is 9.53 Å².